The number of hydrogen-bond acceptors (Lipinski definition) is 4. The molecule has 1 unspecified atom stereocenters. The summed E-state index contributed by atoms with van der Waals surface area (Å²) in [6.45, 7) is 2.18. The van der Waals surface area contributed by atoms with Gasteiger partial charge in [0, 0.05) is 26.8 Å². The van der Waals surface area contributed by atoms with Gasteiger partial charge in [0.1, 0.15) is 0 Å². The SMILES string of the molecule is CC(CCO)Sc1cccc(Br)c1/C(N)=N/O. The Hall–Kier alpha value is -0.720. The van der Waals surface area contributed by atoms with Crippen molar-refractivity contribution in [3.05, 3.63) is 28.2 Å². The molecule has 0 aliphatic heterocycles. The summed E-state index contributed by atoms with van der Waals surface area (Å²) in [5, 5.41) is 20.9. The second-order valence-corrected chi connectivity index (χ2v) is 5.87. The molecule has 94 valence electrons. The first-order valence-electron chi connectivity index (χ1n) is 5.14. The van der Waals surface area contributed by atoms with Crippen LogP contribution in [0.2, 0.25) is 0 Å². The third-order valence-corrected chi connectivity index (χ3v) is 4.10. The highest BCUT2D eigenvalue weighted by atomic mass is 79.9. The van der Waals surface area contributed by atoms with Crippen molar-refractivity contribution < 1.29 is 10.3 Å². The van der Waals surface area contributed by atoms with Crippen LogP contribution in [0.4, 0.5) is 0 Å². The minimum atomic E-state index is 0.0798. The van der Waals surface area contributed by atoms with E-state index in [1.807, 2.05) is 25.1 Å². The Labute approximate surface area is 113 Å². The molecule has 0 aromatic heterocycles. The van der Waals surface area contributed by atoms with Gasteiger partial charge in [-0.05, 0) is 34.5 Å². The Morgan fingerprint density at radius 3 is 2.88 bits per heavy atom. The van der Waals surface area contributed by atoms with Crippen LogP contribution in [0.25, 0.3) is 0 Å². The number of aliphatic hydroxyl groups excluding tert-OH is 1. The highest BCUT2D eigenvalue weighted by Crippen LogP contribution is 2.32. The molecule has 1 rings (SSSR count). The number of amidine groups is 1. The summed E-state index contributed by atoms with van der Waals surface area (Å²) in [5.41, 5.74) is 6.34. The molecule has 0 bridgehead atoms. The van der Waals surface area contributed by atoms with E-state index in [-0.39, 0.29) is 17.7 Å². The zero-order valence-corrected chi connectivity index (χ0v) is 11.8. The quantitative estimate of drug-likeness (QED) is 0.256. The van der Waals surface area contributed by atoms with Crippen LogP contribution in [-0.4, -0.2) is 28.0 Å². The van der Waals surface area contributed by atoms with Gasteiger partial charge in [-0.15, -0.1) is 11.8 Å². The maximum atomic E-state index is 8.88. The van der Waals surface area contributed by atoms with E-state index < -0.39 is 0 Å². The van der Waals surface area contributed by atoms with Crippen molar-refractivity contribution in [2.45, 2.75) is 23.5 Å². The maximum Gasteiger partial charge on any atom is 0.172 e. The molecule has 0 aliphatic carbocycles. The highest BCUT2D eigenvalue weighted by molar-refractivity contribution is 9.10. The lowest BCUT2D eigenvalue weighted by atomic mass is 10.2. The van der Waals surface area contributed by atoms with Crippen LogP contribution in [0, 0.1) is 0 Å². The third kappa shape index (κ3) is 3.90. The molecule has 0 saturated carbocycles. The summed E-state index contributed by atoms with van der Waals surface area (Å²) >= 11 is 4.97. The van der Waals surface area contributed by atoms with Gasteiger partial charge in [0.25, 0.3) is 0 Å². The molecule has 1 aromatic rings. The number of nitrogens with zero attached hydrogens (tertiary/aromatic N) is 1. The molecule has 0 aliphatic rings. The summed E-state index contributed by atoms with van der Waals surface area (Å²) in [6.07, 6.45) is 0.701. The minimum Gasteiger partial charge on any atom is -0.409 e. The van der Waals surface area contributed by atoms with Crippen molar-refractivity contribution in [2.24, 2.45) is 10.9 Å². The van der Waals surface area contributed by atoms with E-state index in [2.05, 4.69) is 21.1 Å². The average Bonchev–Trinajstić information content (AvgIpc) is 2.28. The van der Waals surface area contributed by atoms with Gasteiger partial charge < -0.3 is 16.0 Å². The van der Waals surface area contributed by atoms with Crippen molar-refractivity contribution >= 4 is 33.5 Å². The first-order chi connectivity index (χ1) is 8.10. The molecule has 1 aromatic carbocycles. The molecule has 0 fully saturated rings. The van der Waals surface area contributed by atoms with Gasteiger partial charge in [0.05, 0.1) is 0 Å². The third-order valence-electron chi connectivity index (χ3n) is 2.20. The van der Waals surface area contributed by atoms with Crippen LogP contribution in [0.1, 0.15) is 18.9 Å². The number of rotatable bonds is 5. The lowest BCUT2D eigenvalue weighted by molar-refractivity contribution is 0.289. The Morgan fingerprint density at radius 1 is 1.59 bits per heavy atom. The van der Waals surface area contributed by atoms with Gasteiger partial charge in [-0.2, -0.15) is 0 Å². The predicted octanol–water partition coefficient (Wildman–Crippen LogP) is 2.41. The molecule has 4 nitrogen and oxygen atoms in total. The van der Waals surface area contributed by atoms with Crippen LogP contribution in [-0.2, 0) is 0 Å². The lowest BCUT2D eigenvalue weighted by Gasteiger charge is -2.14. The van der Waals surface area contributed by atoms with E-state index in [9.17, 15) is 0 Å². The molecule has 1 atom stereocenters. The summed E-state index contributed by atoms with van der Waals surface area (Å²) in [6, 6.07) is 5.65. The molecule has 17 heavy (non-hydrogen) atoms. The van der Waals surface area contributed by atoms with Crippen LogP contribution < -0.4 is 5.73 Å². The van der Waals surface area contributed by atoms with E-state index in [1.54, 1.807) is 11.8 Å². The molecule has 6 heteroatoms. The van der Waals surface area contributed by atoms with E-state index in [4.69, 9.17) is 16.0 Å². The molecule has 0 saturated heterocycles. The summed E-state index contributed by atoms with van der Waals surface area (Å²) in [7, 11) is 0. The number of nitrogens with two attached hydrogens (primary N) is 1. The second kappa shape index (κ2) is 6.88. The molecule has 0 radical (unpaired) electrons. The molecular weight excluding hydrogens is 304 g/mol. The van der Waals surface area contributed by atoms with Crippen molar-refractivity contribution in [2.75, 3.05) is 6.61 Å². The normalized spacial score (nSPS) is 13.7. The Bertz CT molecular complexity index is 412. The fourth-order valence-electron chi connectivity index (χ4n) is 1.36. The standard InChI is InChI=1S/C11H15BrN2O2S/c1-7(5-6-15)17-9-4-2-3-8(12)10(9)11(13)14-16/h2-4,7,15-16H,5-6H2,1H3,(H2,13,14). The monoisotopic (exact) mass is 318 g/mol. The Morgan fingerprint density at radius 2 is 2.29 bits per heavy atom. The highest BCUT2D eigenvalue weighted by Gasteiger charge is 2.14. The van der Waals surface area contributed by atoms with Crippen LogP contribution >= 0.6 is 27.7 Å². The number of halogens is 1. The van der Waals surface area contributed by atoms with Crippen molar-refractivity contribution in [3.63, 3.8) is 0 Å². The number of benzene rings is 1. The molecule has 4 N–H and O–H groups in total. The summed E-state index contributed by atoms with van der Waals surface area (Å²) in [4.78, 5) is 0.927. The van der Waals surface area contributed by atoms with Crippen LogP contribution in [0.5, 0.6) is 0 Å². The first-order valence-corrected chi connectivity index (χ1v) is 6.81. The topological polar surface area (TPSA) is 78.8 Å². The van der Waals surface area contributed by atoms with Gasteiger partial charge in [-0.3, -0.25) is 0 Å². The predicted molar refractivity (Wildman–Crippen MR) is 73.7 cm³/mol. The van der Waals surface area contributed by atoms with Gasteiger partial charge in [0.2, 0.25) is 0 Å². The fourth-order valence-corrected chi connectivity index (χ4v) is 3.21. The Balaban J connectivity index is 3.03. The number of thioether (sulfide) groups is 1. The second-order valence-electron chi connectivity index (χ2n) is 3.54. The van der Waals surface area contributed by atoms with E-state index in [0.29, 0.717) is 12.0 Å². The first kappa shape index (κ1) is 14.3. The number of hydrogen-bond donors (Lipinski definition) is 3. The van der Waals surface area contributed by atoms with Gasteiger partial charge >= 0.3 is 0 Å². The van der Waals surface area contributed by atoms with Crippen LogP contribution in [0.3, 0.4) is 0 Å². The Kier molecular flexibility index (Phi) is 5.80. The molecular formula is C11H15BrN2O2S. The zero-order valence-electron chi connectivity index (χ0n) is 9.43. The van der Waals surface area contributed by atoms with Crippen molar-refractivity contribution in [3.8, 4) is 0 Å². The van der Waals surface area contributed by atoms with Gasteiger partial charge in [-0.25, -0.2) is 0 Å². The maximum absolute atomic E-state index is 8.88. The largest absolute Gasteiger partial charge is 0.409 e. The molecule has 0 spiro atoms. The molecule has 0 heterocycles. The average molecular weight is 319 g/mol. The lowest BCUT2D eigenvalue weighted by Crippen LogP contribution is -2.15. The van der Waals surface area contributed by atoms with Crippen LogP contribution in [0.15, 0.2) is 32.7 Å². The zero-order chi connectivity index (χ0) is 12.8. The van der Waals surface area contributed by atoms with Gasteiger partial charge in [0.15, 0.2) is 5.84 Å². The molecule has 0 amide bonds. The van der Waals surface area contributed by atoms with Crippen molar-refractivity contribution in [1.29, 1.82) is 0 Å². The minimum absolute atomic E-state index is 0.0798. The van der Waals surface area contributed by atoms with Gasteiger partial charge in [-0.1, -0.05) is 18.1 Å². The number of aliphatic hydroxyl groups is 1. The van der Waals surface area contributed by atoms with E-state index in [0.717, 1.165) is 9.37 Å². The fraction of sp³-hybridized carbons (Fsp3) is 0.364. The van der Waals surface area contributed by atoms with E-state index >= 15 is 0 Å². The summed E-state index contributed by atoms with van der Waals surface area (Å²) in [5.74, 6) is 0.0798. The number of oxime groups is 1. The van der Waals surface area contributed by atoms with Crippen molar-refractivity contribution in [1.82, 2.24) is 0 Å². The summed E-state index contributed by atoms with van der Waals surface area (Å²) < 4.78 is 0.786. The smallest absolute Gasteiger partial charge is 0.172 e. The van der Waals surface area contributed by atoms with E-state index in [1.165, 1.54) is 0 Å².